The van der Waals surface area contributed by atoms with Crippen LogP contribution in [0.3, 0.4) is 0 Å². The second kappa shape index (κ2) is 8.71. The molecule has 0 unspecified atom stereocenters. The van der Waals surface area contributed by atoms with Crippen molar-refractivity contribution in [1.82, 2.24) is 0 Å². The summed E-state index contributed by atoms with van der Waals surface area (Å²) in [5.74, 6) is 0. The third-order valence-corrected chi connectivity index (χ3v) is 15.3. The van der Waals surface area contributed by atoms with E-state index >= 15 is 0 Å². The van der Waals surface area contributed by atoms with Gasteiger partial charge in [-0.25, -0.2) is 0 Å². The average Bonchev–Trinajstić information content (AvgIpc) is 2.53. The molecule has 0 heterocycles. The summed E-state index contributed by atoms with van der Waals surface area (Å²) in [7, 11) is 0. The van der Waals surface area contributed by atoms with E-state index in [1.165, 1.54) is 11.1 Å². The Labute approximate surface area is 138 Å². The van der Waals surface area contributed by atoms with Crippen LogP contribution >= 0.6 is 0 Å². The molecule has 0 aliphatic carbocycles. The van der Waals surface area contributed by atoms with Gasteiger partial charge in [0.15, 0.2) is 0 Å². The van der Waals surface area contributed by atoms with E-state index in [4.69, 9.17) is 0 Å². The quantitative estimate of drug-likeness (QED) is 0.546. The molecule has 2 heteroatoms. The molecule has 0 amide bonds. The van der Waals surface area contributed by atoms with Gasteiger partial charge in [0.25, 0.3) is 0 Å². The maximum atomic E-state index is 2.32. The van der Waals surface area contributed by atoms with Crippen molar-refractivity contribution in [2.45, 2.75) is 13.8 Å². The third-order valence-electron chi connectivity index (χ3n) is 2.86. The van der Waals surface area contributed by atoms with Crippen LogP contribution in [0.25, 0.3) is 7.24 Å². The van der Waals surface area contributed by atoms with E-state index in [1.807, 2.05) is 0 Å². The number of benzene rings is 2. The van der Waals surface area contributed by atoms with Crippen LogP contribution in [0.5, 0.6) is 0 Å². The van der Waals surface area contributed by atoms with E-state index in [9.17, 15) is 0 Å². The van der Waals surface area contributed by atoms with Crippen molar-refractivity contribution in [1.29, 1.82) is 0 Å². The molecule has 102 valence electrons. The van der Waals surface area contributed by atoms with Gasteiger partial charge in [-0.05, 0) is 0 Å². The van der Waals surface area contributed by atoms with Crippen LogP contribution in [-0.4, -0.2) is 34.1 Å². The van der Waals surface area contributed by atoms with Gasteiger partial charge in [-0.15, -0.1) is 0 Å². The van der Waals surface area contributed by atoms with Crippen molar-refractivity contribution in [2.75, 3.05) is 0 Å². The van der Waals surface area contributed by atoms with Crippen LogP contribution in [0.4, 0.5) is 0 Å². The fourth-order valence-electron chi connectivity index (χ4n) is 1.82. The van der Waals surface area contributed by atoms with Crippen LogP contribution < -0.4 is 0 Å². The molecule has 0 atom stereocenters. The zero-order valence-electron chi connectivity index (χ0n) is 11.7. The second-order valence-electron chi connectivity index (χ2n) is 4.20. The van der Waals surface area contributed by atoms with Crippen LogP contribution in [0.15, 0.2) is 72.8 Å². The Morgan fingerprint density at radius 2 is 1.00 bits per heavy atom. The molecular weight excluding hydrogens is 471 g/mol. The van der Waals surface area contributed by atoms with E-state index in [-0.39, 0.29) is 34.1 Å². The molecule has 0 nitrogen and oxygen atoms in total. The Morgan fingerprint density at radius 3 is 1.30 bits per heavy atom. The van der Waals surface area contributed by atoms with Gasteiger partial charge in [0.05, 0.1) is 0 Å². The number of hydrogen-bond acceptors (Lipinski definition) is 0. The summed E-state index contributed by atoms with van der Waals surface area (Å²) in [6.45, 7) is 4.36. The van der Waals surface area contributed by atoms with Gasteiger partial charge in [-0.1, -0.05) is 0 Å². The molecule has 20 heavy (non-hydrogen) atoms. The Morgan fingerprint density at radius 1 is 0.650 bits per heavy atom. The molecule has 0 aromatic heterocycles. The van der Waals surface area contributed by atoms with Gasteiger partial charge < -0.3 is 0 Å². The summed E-state index contributed by atoms with van der Waals surface area (Å²) in [5.41, 5.74) is 2.84. The molecule has 2 aromatic rings. The van der Waals surface area contributed by atoms with Crippen molar-refractivity contribution < 1.29 is 0 Å². The second-order valence-corrected chi connectivity index (χ2v) is 14.0. The maximum absolute atomic E-state index is 2.32. The van der Waals surface area contributed by atoms with E-state index in [2.05, 4.69) is 86.7 Å². The number of rotatable bonds is 5. The van der Waals surface area contributed by atoms with Crippen molar-refractivity contribution in [3.05, 3.63) is 83.9 Å². The predicted octanol–water partition coefficient (Wildman–Crippen LogP) is 4.43. The van der Waals surface area contributed by atoms with Gasteiger partial charge in [-0.2, -0.15) is 0 Å². The molecule has 2 rings (SSSR count). The molecule has 0 N–H and O–H groups in total. The first kappa shape index (κ1) is 15.9. The summed E-state index contributed by atoms with van der Waals surface area (Å²) in [6.07, 6.45) is 4.64. The summed E-state index contributed by atoms with van der Waals surface area (Å²) >= 11 is -0.131. The normalized spacial score (nSPS) is 12.5. The summed E-state index contributed by atoms with van der Waals surface area (Å²) < 4.78 is 3.21. The monoisotopic (exact) mass is 494 g/mol. The van der Waals surface area contributed by atoms with Crippen molar-refractivity contribution in [2.24, 2.45) is 0 Å². The molecule has 0 fully saturated rings. The van der Waals surface area contributed by atoms with E-state index in [0.717, 1.165) is 0 Å². The van der Waals surface area contributed by atoms with Crippen LogP contribution in [-0.2, 0) is 0 Å². The van der Waals surface area contributed by atoms with Crippen LogP contribution in [0, 0.1) is 0 Å². The standard InChI is InChI=1S/C18H18Te2/c1-3-17(15-11-7-5-8-12-15)19-20-18(4-2)16-13-9-6-10-14-16/h3-14H,1-2H3/b17-3-,18-4-. The van der Waals surface area contributed by atoms with Crippen molar-refractivity contribution in [3.8, 4) is 0 Å². The fourth-order valence-corrected chi connectivity index (χ4v) is 15.0. The van der Waals surface area contributed by atoms with Crippen molar-refractivity contribution >= 4 is 41.4 Å². The fraction of sp³-hybridized carbons (Fsp3) is 0.111. The van der Waals surface area contributed by atoms with Gasteiger partial charge in [-0.3, -0.25) is 0 Å². The molecule has 0 saturated carbocycles. The van der Waals surface area contributed by atoms with E-state index < -0.39 is 0 Å². The first-order chi connectivity index (χ1) is 9.85. The Kier molecular flexibility index (Phi) is 6.92. The van der Waals surface area contributed by atoms with Crippen molar-refractivity contribution in [3.63, 3.8) is 0 Å². The average molecular weight is 490 g/mol. The summed E-state index contributed by atoms with van der Waals surface area (Å²) in [4.78, 5) is 0. The zero-order chi connectivity index (χ0) is 14.2. The zero-order valence-corrected chi connectivity index (χ0v) is 16.4. The van der Waals surface area contributed by atoms with Gasteiger partial charge in [0.2, 0.25) is 0 Å². The first-order valence-electron chi connectivity index (χ1n) is 6.63. The van der Waals surface area contributed by atoms with Gasteiger partial charge in [0, 0.05) is 0 Å². The topological polar surface area (TPSA) is 0 Å². The molecule has 0 spiro atoms. The molecule has 0 aliphatic rings. The Hall–Kier alpha value is -0.501. The first-order valence-corrected chi connectivity index (χ1v) is 16.3. The van der Waals surface area contributed by atoms with E-state index in [1.54, 1.807) is 7.24 Å². The molecular formula is C18H18Te2. The number of allylic oxidation sites excluding steroid dienone is 2. The number of hydrogen-bond donors (Lipinski definition) is 0. The van der Waals surface area contributed by atoms with E-state index in [0.29, 0.717) is 0 Å². The SMILES string of the molecule is C/C=C(\[Te][Te]/C(=C\C)c1ccccc1)c1ccccc1. The molecule has 0 saturated heterocycles. The molecule has 2 aromatic carbocycles. The third kappa shape index (κ3) is 4.51. The van der Waals surface area contributed by atoms with Gasteiger partial charge >= 0.3 is 139 Å². The van der Waals surface area contributed by atoms with Crippen LogP contribution in [0.1, 0.15) is 25.0 Å². The minimum atomic E-state index is -0.0653. The Bertz CT molecular complexity index is 528. The Balaban J connectivity index is 2.07. The molecule has 0 bridgehead atoms. The van der Waals surface area contributed by atoms with Crippen LogP contribution in [0.2, 0.25) is 0 Å². The molecule has 0 aliphatic heterocycles. The summed E-state index contributed by atoms with van der Waals surface area (Å²) in [6, 6.07) is 21.7. The predicted molar refractivity (Wildman–Crippen MR) is 91.7 cm³/mol. The summed E-state index contributed by atoms with van der Waals surface area (Å²) in [5, 5.41) is 0. The molecule has 0 radical (unpaired) electrons. The minimum absolute atomic E-state index is 0.0653. The van der Waals surface area contributed by atoms with Gasteiger partial charge in [0.1, 0.15) is 0 Å².